The third kappa shape index (κ3) is 3.43. The average molecular weight is 352 g/mol. The summed E-state index contributed by atoms with van der Waals surface area (Å²) in [5.41, 5.74) is 3.70. The first-order chi connectivity index (χ1) is 12.7. The molecule has 6 nitrogen and oxygen atoms in total. The first kappa shape index (κ1) is 17.0. The molecule has 3 aromatic rings. The summed E-state index contributed by atoms with van der Waals surface area (Å²) >= 11 is 0. The normalized spacial score (nSPS) is 18.0. The van der Waals surface area contributed by atoms with Crippen LogP contribution in [0.5, 0.6) is 5.75 Å². The number of rotatable bonds is 6. The molecule has 0 amide bonds. The van der Waals surface area contributed by atoms with E-state index in [2.05, 4.69) is 10.00 Å². The largest absolute Gasteiger partial charge is 0.508 e. The number of β-amino-alcohol motifs (C(OH)–C–C–N with tert-alkyl or cyclic N) is 1. The van der Waals surface area contributed by atoms with Gasteiger partial charge in [-0.2, -0.15) is 5.10 Å². The van der Waals surface area contributed by atoms with Crippen molar-refractivity contribution in [2.75, 3.05) is 19.7 Å². The Balaban J connectivity index is 1.54. The molecule has 6 heteroatoms. The minimum absolute atomic E-state index is 0.226. The van der Waals surface area contributed by atoms with Crippen LogP contribution in [0.15, 0.2) is 42.7 Å². The molecule has 1 saturated heterocycles. The zero-order chi connectivity index (χ0) is 17.9. The third-order valence-electron chi connectivity index (χ3n) is 5.20. The van der Waals surface area contributed by atoms with E-state index in [1.165, 1.54) is 12.8 Å². The van der Waals surface area contributed by atoms with Gasteiger partial charge in [0.25, 0.3) is 0 Å². The van der Waals surface area contributed by atoms with Crippen LogP contribution in [0.4, 0.5) is 0 Å². The van der Waals surface area contributed by atoms with Crippen molar-refractivity contribution in [1.29, 1.82) is 0 Å². The highest BCUT2D eigenvalue weighted by atomic mass is 16.3. The Morgan fingerprint density at radius 3 is 3.00 bits per heavy atom. The van der Waals surface area contributed by atoms with E-state index in [0.29, 0.717) is 6.04 Å². The lowest BCUT2D eigenvalue weighted by Crippen LogP contribution is -2.32. The summed E-state index contributed by atoms with van der Waals surface area (Å²) in [7, 11) is 0. The maximum Gasteiger partial charge on any atom is 0.163 e. The first-order valence-electron chi connectivity index (χ1n) is 9.22. The maximum atomic E-state index is 9.74. The average Bonchev–Trinajstić information content (AvgIpc) is 3.26. The third-order valence-corrected chi connectivity index (χ3v) is 5.20. The molecule has 0 saturated carbocycles. The second-order valence-corrected chi connectivity index (χ2v) is 6.89. The summed E-state index contributed by atoms with van der Waals surface area (Å²) in [5, 5.41) is 23.3. The van der Waals surface area contributed by atoms with E-state index in [4.69, 9.17) is 4.98 Å². The van der Waals surface area contributed by atoms with Crippen molar-refractivity contribution in [3.8, 4) is 16.9 Å². The van der Waals surface area contributed by atoms with Crippen molar-refractivity contribution < 1.29 is 10.2 Å². The zero-order valence-electron chi connectivity index (χ0n) is 14.8. The number of aromatic nitrogens is 3. The minimum atomic E-state index is 0.226. The number of likely N-dealkylation sites (tertiary alicyclic amines) is 1. The van der Waals surface area contributed by atoms with Gasteiger partial charge >= 0.3 is 0 Å². The molecule has 2 N–H and O–H groups in total. The number of phenols is 1. The lowest BCUT2D eigenvalue weighted by Gasteiger charge is -2.23. The summed E-state index contributed by atoms with van der Waals surface area (Å²) in [6.45, 7) is 2.08. The molecule has 136 valence electrons. The van der Waals surface area contributed by atoms with Crippen LogP contribution in [0.1, 0.15) is 25.0 Å². The van der Waals surface area contributed by atoms with Crippen molar-refractivity contribution >= 4 is 5.65 Å². The van der Waals surface area contributed by atoms with E-state index in [0.717, 1.165) is 48.4 Å². The first-order valence-corrected chi connectivity index (χ1v) is 9.22. The van der Waals surface area contributed by atoms with Gasteiger partial charge in [0.15, 0.2) is 5.65 Å². The van der Waals surface area contributed by atoms with Gasteiger partial charge in [-0.1, -0.05) is 12.1 Å². The second kappa shape index (κ2) is 7.43. The number of hydrogen-bond acceptors (Lipinski definition) is 5. The Labute approximate surface area is 152 Å². The van der Waals surface area contributed by atoms with Crippen molar-refractivity contribution in [3.63, 3.8) is 0 Å². The Hall–Kier alpha value is -2.44. The molecule has 4 rings (SSSR count). The summed E-state index contributed by atoms with van der Waals surface area (Å²) in [6, 6.07) is 9.74. The van der Waals surface area contributed by atoms with Crippen LogP contribution in [-0.2, 0) is 6.42 Å². The fourth-order valence-corrected chi connectivity index (χ4v) is 3.88. The quantitative estimate of drug-likeness (QED) is 0.713. The molecule has 1 aromatic carbocycles. The molecule has 1 aliphatic heterocycles. The number of aryl methyl sites for hydroxylation is 1. The number of hydrogen-bond donors (Lipinski definition) is 2. The molecule has 0 bridgehead atoms. The van der Waals surface area contributed by atoms with Gasteiger partial charge in [0.05, 0.1) is 12.8 Å². The van der Waals surface area contributed by atoms with Crippen LogP contribution in [0.2, 0.25) is 0 Å². The Kier molecular flexibility index (Phi) is 4.86. The zero-order valence-corrected chi connectivity index (χ0v) is 14.8. The molecule has 1 fully saturated rings. The lowest BCUT2D eigenvalue weighted by atomic mass is 10.1. The smallest absolute Gasteiger partial charge is 0.163 e. The van der Waals surface area contributed by atoms with Gasteiger partial charge in [0, 0.05) is 30.0 Å². The highest BCUT2D eigenvalue weighted by Gasteiger charge is 2.23. The van der Waals surface area contributed by atoms with Crippen LogP contribution >= 0.6 is 0 Å². The van der Waals surface area contributed by atoms with Gasteiger partial charge in [-0.05, 0) is 56.0 Å². The number of nitrogens with zero attached hydrogens (tertiary/aromatic N) is 4. The van der Waals surface area contributed by atoms with E-state index >= 15 is 0 Å². The van der Waals surface area contributed by atoms with Crippen LogP contribution in [0.25, 0.3) is 16.8 Å². The van der Waals surface area contributed by atoms with Gasteiger partial charge in [0.1, 0.15) is 5.75 Å². The monoisotopic (exact) mass is 352 g/mol. The summed E-state index contributed by atoms with van der Waals surface area (Å²) in [5.74, 6) is 0.239. The lowest BCUT2D eigenvalue weighted by molar-refractivity contribution is 0.179. The van der Waals surface area contributed by atoms with Gasteiger partial charge in [-0.15, -0.1) is 0 Å². The summed E-state index contributed by atoms with van der Waals surface area (Å²) in [4.78, 5) is 7.21. The highest BCUT2D eigenvalue weighted by molar-refractivity contribution is 5.77. The van der Waals surface area contributed by atoms with Crippen LogP contribution in [-0.4, -0.2) is 55.4 Å². The highest BCUT2D eigenvalue weighted by Crippen LogP contribution is 2.27. The standard InChI is InChI=1S/C20H24N4O2/c25-12-11-23-9-2-4-17(23)7-6-16-8-10-24-20(22-16)19(14-21-24)15-3-1-5-18(26)13-15/h1,3,5,8,10,13-14,17,25-26H,2,4,6-7,9,11-12H2. The van der Waals surface area contributed by atoms with Gasteiger partial charge < -0.3 is 10.2 Å². The molecule has 0 radical (unpaired) electrons. The summed E-state index contributed by atoms with van der Waals surface area (Å²) in [6.07, 6.45) is 8.11. The van der Waals surface area contributed by atoms with Crippen LogP contribution in [0.3, 0.4) is 0 Å². The minimum Gasteiger partial charge on any atom is -0.508 e. The fraction of sp³-hybridized carbons (Fsp3) is 0.400. The number of aliphatic hydroxyl groups excluding tert-OH is 1. The van der Waals surface area contributed by atoms with Crippen LogP contribution in [0, 0.1) is 0 Å². The van der Waals surface area contributed by atoms with Gasteiger partial charge in [-0.3, -0.25) is 4.90 Å². The molecule has 26 heavy (non-hydrogen) atoms. The predicted molar refractivity (Wildman–Crippen MR) is 100 cm³/mol. The van der Waals surface area contributed by atoms with Gasteiger partial charge in [0.2, 0.25) is 0 Å². The Bertz CT molecular complexity index is 892. The fourth-order valence-electron chi connectivity index (χ4n) is 3.88. The SMILES string of the molecule is OCCN1CCCC1CCc1ccn2ncc(-c3cccc(O)c3)c2n1. The molecule has 1 aliphatic rings. The molecule has 0 aliphatic carbocycles. The number of benzene rings is 1. The molecular formula is C20H24N4O2. The Morgan fingerprint density at radius 1 is 1.23 bits per heavy atom. The summed E-state index contributed by atoms with van der Waals surface area (Å²) < 4.78 is 1.77. The Morgan fingerprint density at radius 2 is 2.15 bits per heavy atom. The molecule has 0 spiro atoms. The van der Waals surface area contributed by atoms with E-state index in [1.54, 1.807) is 22.8 Å². The molecule has 1 atom stereocenters. The van der Waals surface area contributed by atoms with Crippen LogP contribution < -0.4 is 0 Å². The second-order valence-electron chi connectivity index (χ2n) is 6.89. The number of aliphatic hydroxyl groups is 1. The molecule has 2 aromatic heterocycles. The maximum absolute atomic E-state index is 9.74. The van der Waals surface area contributed by atoms with Crippen molar-refractivity contribution in [1.82, 2.24) is 19.5 Å². The van der Waals surface area contributed by atoms with Crippen molar-refractivity contribution in [2.45, 2.75) is 31.7 Å². The number of phenolic OH excluding ortho intramolecular Hbond substituents is 1. The van der Waals surface area contributed by atoms with E-state index < -0.39 is 0 Å². The predicted octanol–water partition coefficient (Wildman–Crippen LogP) is 2.49. The molecule has 3 heterocycles. The molecular weight excluding hydrogens is 328 g/mol. The van der Waals surface area contributed by atoms with E-state index in [1.807, 2.05) is 24.4 Å². The molecule has 1 unspecified atom stereocenters. The number of fused-ring (bicyclic) bond motifs is 1. The van der Waals surface area contributed by atoms with Crippen molar-refractivity contribution in [3.05, 3.63) is 48.4 Å². The van der Waals surface area contributed by atoms with Crippen molar-refractivity contribution in [2.24, 2.45) is 0 Å². The van der Waals surface area contributed by atoms with Gasteiger partial charge in [-0.25, -0.2) is 9.50 Å². The van der Waals surface area contributed by atoms with E-state index in [9.17, 15) is 10.2 Å². The topological polar surface area (TPSA) is 73.9 Å². The van der Waals surface area contributed by atoms with E-state index in [-0.39, 0.29) is 12.4 Å². The number of aromatic hydroxyl groups is 1.